The molecule has 0 N–H and O–H groups in total. The van der Waals surface area contributed by atoms with E-state index in [4.69, 9.17) is 4.74 Å². The van der Waals surface area contributed by atoms with E-state index < -0.39 is 23.5 Å². The first kappa shape index (κ1) is 12.7. The van der Waals surface area contributed by atoms with Gasteiger partial charge in [-0.1, -0.05) is 34.1 Å². The molecular formula is C13H9BrO4. The van der Waals surface area contributed by atoms with Crippen LogP contribution in [-0.4, -0.2) is 17.5 Å². The summed E-state index contributed by atoms with van der Waals surface area (Å²) in [5, 5.41) is 0. The third-order valence-corrected chi connectivity index (χ3v) is 3.22. The van der Waals surface area contributed by atoms with Gasteiger partial charge in [-0.3, -0.25) is 14.4 Å². The van der Waals surface area contributed by atoms with Gasteiger partial charge in [0, 0.05) is 16.1 Å². The second-order valence-electron chi connectivity index (χ2n) is 3.86. The Morgan fingerprint density at radius 1 is 1.28 bits per heavy atom. The molecule has 2 rings (SSSR count). The molecule has 1 aliphatic rings. The van der Waals surface area contributed by atoms with Crippen molar-refractivity contribution in [3.05, 3.63) is 46.1 Å². The molecule has 1 unspecified atom stereocenters. The molecule has 0 fully saturated rings. The summed E-state index contributed by atoms with van der Waals surface area (Å²) in [6.07, 6.45) is 1.17. The summed E-state index contributed by atoms with van der Waals surface area (Å²) in [6.45, 7) is 1.49. The van der Waals surface area contributed by atoms with Crippen LogP contribution in [0.5, 0.6) is 0 Å². The minimum Gasteiger partial charge on any atom is -0.430 e. The molecule has 0 spiro atoms. The molecule has 0 saturated carbocycles. The van der Waals surface area contributed by atoms with E-state index in [1.807, 2.05) is 0 Å². The molecule has 0 amide bonds. The molecule has 1 aliphatic heterocycles. The molecule has 0 aliphatic carbocycles. The Balaban J connectivity index is 2.38. The lowest BCUT2D eigenvalue weighted by Crippen LogP contribution is -2.35. The van der Waals surface area contributed by atoms with Gasteiger partial charge in [0.2, 0.25) is 0 Å². The number of hydrogen-bond donors (Lipinski definition) is 0. The van der Waals surface area contributed by atoms with Crippen molar-refractivity contribution in [1.29, 1.82) is 0 Å². The Morgan fingerprint density at radius 3 is 2.56 bits per heavy atom. The summed E-state index contributed by atoms with van der Waals surface area (Å²) in [7, 11) is 0. The second kappa shape index (κ2) is 4.86. The molecule has 0 saturated heterocycles. The van der Waals surface area contributed by atoms with E-state index in [2.05, 4.69) is 15.9 Å². The zero-order valence-corrected chi connectivity index (χ0v) is 11.1. The quantitative estimate of drug-likeness (QED) is 0.478. The summed E-state index contributed by atoms with van der Waals surface area (Å²) < 4.78 is 5.36. The molecule has 0 radical (unpaired) electrons. The van der Waals surface area contributed by atoms with Gasteiger partial charge in [-0.05, 0) is 13.0 Å². The highest BCUT2D eigenvalue weighted by atomic mass is 79.9. The minimum absolute atomic E-state index is 0.209. The lowest BCUT2D eigenvalue weighted by Gasteiger charge is -2.17. The molecule has 1 aromatic rings. The van der Waals surface area contributed by atoms with Crippen molar-refractivity contribution < 1.29 is 19.1 Å². The highest BCUT2D eigenvalue weighted by Gasteiger charge is 2.38. The van der Waals surface area contributed by atoms with Crippen LogP contribution in [0.15, 0.2) is 40.6 Å². The van der Waals surface area contributed by atoms with Crippen LogP contribution in [0.1, 0.15) is 17.3 Å². The predicted octanol–water partition coefficient (Wildman–Crippen LogP) is 2.28. The largest absolute Gasteiger partial charge is 0.430 e. The first-order valence-electron chi connectivity index (χ1n) is 5.23. The Hall–Kier alpha value is -1.75. The smallest absolute Gasteiger partial charge is 0.329 e. The van der Waals surface area contributed by atoms with Gasteiger partial charge in [-0.2, -0.15) is 0 Å². The zero-order chi connectivity index (χ0) is 13.3. The second-order valence-corrected chi connectivity index (χ2v) is 4.71. The number of ether oxygens (including phenoxy) is 1. The third kappa shape index (κ3) is 2.26. The number of Topliss-reactive ketones (excluding diaryl/α,β-unsaturated/α-hetero) is 1. The highest BCUT2D eigenvalue weighted by Crippen LogP contribution is 2.23. The van der Waals surface area contributed by atoms with Gasteiger partial charge in [0.15, 0.2) is 17.5 Å². The average Bonchev–Trinajstić information content (AvgIpc) is 2.27. The van der Waals surface area contributed by atoms with Gasteiger partial charge in [0.05, 0.1) is 0 Å². The molecule has 1 atom stereocenters. The standard InChI is InChI=1S/C13H9BrO4/c1-7-6-10(15)11(13(17)18-7)12(16)8-4-2-3-5-9(8)14/h2-6,11H,1H3. The Bertz CT molecular complexity index is 574. The van der Waals surface area contributed by atoms with E-state index in [1.165, 1.54) is 13.0 Å². The van der Waals surface area contributed by atoms with E-state index in [0.717, 1.165) is 0 Å². The molecule has 0 bridgehead atoms. The predicted molar refractivity (Wildman–Crippen MR) is 66.8 cm³/mol. The van der Waals surface area contributed by atoms with Crippen LogP contribution in [0.4, 0.5) is 0 Å². The molecule has 18 heavy (non-hydrogen) atoms. The molecule has 92 valence electrons. The van der Waals surface area contributed by atoms with Gasteiger partial charge in [0.25, 0.3) is 0 Å². The lowest BCUT2D eigenvalue weighted by molar-refractivity contribution is -0.146. The van der Waals surface area contributed by atoms with Gasteiger partial charge >= 0.3 is 5.97 Å². The van der Waals surface area contributed by atoms with Crippen molar-refractivity contribution in [2.75, 3.05) is 0 Å². The number of carbonyl (C=O) groups excluding carboxylic acids is 3. The van der Waals surface area contributed by atoms with Crippen molar-refractivity contribution >= 4 is 33.5 Å². The number of ketones is 2. The molecular weight excluding hydrogens is 300 g/mol. The maximum Gasteiger partial charge on any atom is 0.329 e. The fourth-order valence-electron chi connectivity index (χ4n) is 1.70. The molecule has 5 heteroatoms. The molecule has 4 nitrogen and oxygen atoms in total. The average molecular weight is 309 g/mol. The van der Waals surface area contributed by atoms with Crippen molar-refractivity contribution in [1.82, 2.24) is 0 Å². The lowest BCUT2D eigenvalue weighted by atomic mass is 9.92. The fourth-order valence-corrected chi connectivity index (χ4v) is 2.18. The van der Waals surface area contributed by atoms with Crippen LogP contribution < -0.4 is 0 Å². The van der Waals surface area contributed by atoms with Crippen LogP contribution in [0.3, 0.4) is 0 Å². The number of carbonyl (C=O) groups is 3. The highest BCUT2D eigenvalue weighted by molar-refractivity contribution is 9.10. The summed E-state index contributed by atoms with van der Waals surface area (Å²) in [6, 6.07) is 6.63. The Labute approximate surface area is 112 Å². The SMILES string of the molecule is CC1=CC(=O)C(C(=O)c2ccccc2Br)C(=O)O1. The fraction of sp³-hybridized carbons (Fsp3) is 0.154. The monoisotopic (exact) mass is 308 g/mol. The van der Waals surface area contributed by atoms with Crippen LogP contribution in [0.25, 0.3) is 0 Å². The number of allylic oxidation sites excluding steroid dienone is 2. The Kier molecular flexibility index (Phi) is 3.43. The number of halogens is 1. The van der Waals surface area contributed by atoms with E-state index in [0.29, 0.717) is 10.0 Å². The summed E-state index contributed by atoms with van der Waals surface area (Å²) in [5.74, 6) is -3.10. The number of esters is 1. The van der Waals surface area contributed by atoms with Gasteiger partial charge in [-0.25, -0.2) is 0 Å². The summed E-state index contributed by atoms with van der Waals surface area (Å²) >= 11 is 3.22. The van der Waals surface area contributed by atoms with Gasteiger partial charge < -0.3 is 4.74 Å². The van der Waals surface area contributed by atoms with E-state index in [1.54, 1.807) is 24.3 Å². The van der Waals surface area contributed by atoms with E-state index >= 15 is 0 Å². The first-order chi connectivity index (χ1) is 8.50. The van der Waals surface area contributed by atoms with Crippen LogP contribution in [0.2, 0.25) is 0 Å². The normalized spacial score (nSPS) is 19.2. The molecule has 0 aromatic heterocycles. The van der Waals surface area contributed by atoms with E-state index in [9.17, 15) is 14.4 Å². The topological polar surface area (TPSA) is 60.4 Å². The Morgan fingerprint density at radius 2 is 1.94 bits per heavy atom. The van der Waals surface area contributed by atoms with Crippen LogP contribution >= 0.6 is 15.9 Å². The number of rotatable bonds is 2. The summed E-state index contributed by atoms with van der Waals surface area (Å²) in [4.78, 5) is 35.5. The van der Waals surface area contributed by atoms with E-state index in [-0.39, 0.29) is 5.76 Å². The van der Waals surface area contributed by atoms with Crippen molar-refractivity contribution in [2.24, 2.45) is 5.92 Å². The number of hydrogen-bond acceptors (Lipinski definition) is 4. The maximum absolute atomic E-state index is 12.2. The van der Waals surface area contributed by atoms with Crippen molar-refractivity contribution in [2.45, 2.75) is 6.92 Å². The van der Waals surface area contributed by atoms with Crippen LogP contribution in [-0.2, 0) is 14.3 Å². The zero-order valence-electron chi connectivity index (χ0n) is 9.48. The molecule has 1 heterocycles. The van der Waals surface area contributed by atoms with Crippen molar-refractivity contribution in [3.63, 3.8) is 0 Å². The first-order valence-corrected chi connectivity index (χ1v) is 6.02. The van der Waals surface area contributed by atoms with Gasteiger partial charge in [0.1, 0.15) is 5.76 Å². The van der Waals surface area contributed by atoms with Crippen molar-refractivity contribution in [3.8, 4) is 0 Å². The number of benzene rings is 1. The summed E-state index contributed by atoms with van der Waals surface area (Å²) in [5.41, 5.74) is 0.292. The molecule has 1 aromatic carbocycles. The minimum atomic E-state index is -1.40. The van der Waals surface area contributed by atoms with Gasteiger partial charge in [-0.15, -0.1) is 0 Å². The maximum atomic E-state index is 12.2. The van der Waals surface area contributed by atoms with Crippen LogP contribution in [0, 0.1) is 5.92 Å². The third-order valence-electron chi connectivity index (χ3n) is 2.53. The number of cyclic esters (lactones) is 1.